The first-order chi connectivity index (χ1) is 9.78. The Bertz CT molecular complexity index is 634. The maximum absolute atomic E-state index is 6.26. The molecule has 4 rings (SSSR count). The van der Waals surface area contributed by atoms with E-state index in [0.717, 1.165) is 23.1 Å². The van der Waals surface area contributed by atoms with Gasteiger partial charge in [0.05, 0.1) is 11.7 Å². The van der Waals surface area contributed by atoms with Crippen molar-refractivity contribution < 1.29 is 4.74 Å². The standard InChI is InChI=1S/C17H20N2O/c18-15-10-16(17(15)7-3-4-8-17)20-13-9-12-5-1-2-6-14(12)19-11-13/h1-2,5-6,9,11,15-16H,3-4,7-8,10,18H2. The summed E-state index contributed by atoms with van der Waals surface area (Å²) in [5, 5.41) is 1.13. The van der Waals surface area contributed by atoms with Gasteiger partial charge in [0, 0.05) is 23.3 Å². The van der Waals surface area contributed by atoms with Gasteiger partial charge in [-0.3, -0.25) is 4.98 Å². The van der Waals surface area contributed by atoms with E-state index >= 15 is 0 Å². The number of ether oxygens (including phenoxy) is 1. The molecular weight excluding hydrogens is 248 g/mol. The number of nitrogens with zero attached hydrogens (tertiary/aromatic N) is 1. The summed E-state index contributed by atoms with van der Waals surface area (Å²) in [6.45, 7) is 0. The van der Waals surface area contributed by atoms with Crippen LogP contribution in [0.3, 0.4) is 0 Å². The molecular formula is C17H20N2O. The first kappa shape index (κ1) is 12.2. The first-order valence-electron chi connectivity index (χ1n) is 7.55. The Morgan fingerprint density at radius 1 is 1.20 bits per heavy atom. The SMILES string of the molecule is NC1CC(Oc2cnc3ccccc3c2)C12CCCC2. The fourth-order valence-electron chi connectivity index (χ4n) is 3.95. The highest BCUT2D eigenvalue weighted by Gasteiger charge is 2.56. The molecule has 3 heteroatoms. The fraction of sp³-hybridized carbons (Fsp3) is 0.471. The molecule has 2 fully saturated rings. The van der Waals surface area contributed by atoms with Gasteiger partial charge in [0.1, 0.15) is 11.9 Å². The average Bonchev–Trinajstić information content (AvgIpc) is 2.99. The molecule has 2 aliphatic carbocycles. The van der Waals surface area contributed by atoms with Crippen LogP contribution in [0.2, 0.25) is 0 Å². The van der Waals surface area contributed by atoms with E-state index in [2.05, 4.69) is 17.1 Å². The van der Waals surface area contributed by atoms with Crippen LogP contribution in [-0.4, -0.2) is 17.1 Å². The number of para-hydroxylation sites is 1. The lowest BCUT2D eigenvalue weighted by Crippen LogP contribution is -2.62. The highest BCUT2D eigenvalue weighted by Crippen LogP contribution is 2.53. The van der Waals surface area contributed by atoms with Crippen molar-refractivity contribution in [3.63, 3.8) is 0 Å². The Hall–Kier alpha value is -1.61. The average molecular weight is 268 g/mol. The molecule has 0 saturated heterocycles. The summed E-state index contributed by atoms with van der Waals surface area (Å²) in [6.07, 6.45) is 8.14. The number of aromatic nitrogens is 1. The van der Waals surface area contributed by atoms with Gasteiger partial charge in [-0.1, -0.05) is 31.0 Å². The van der Waals surface area contributed by atoms with Crippen LogP contribution in [0.1, 0.15) is 32.1 Å². The Kier molecular flexibility index (Phi) is 2.71. The molecule has 2 aromatic rings. The summed E-state index contributed by atoms with van der Waals surface area (Å²) in [6, 6.07) is 10.6. The molecule has 1 aromatic carbocycles. The maximum atomic E-state index is 6.26. The molecule has 2 aliphatic rings. The van der Waals surface area contributed by atoms with Crippen molar-refractivity contribution in [1.82, 2.24) is 4.98 Å². The smallest absolute Gasteiger partial charge is 0.138 e. The number of benzene rings is 1. The Morgan fingerprint density at radius 3 is 2.80 bits per heavy atom. The van der Waals surface area contributed by atoms with E-state index in [1.165, 1.54) is 25.7 Å². The van der Waals surface area contributed by atoms with Crippen LogP contribution < -0.4 is 10.5 Å². The van der Waals surface area contributed by atoms with Crippen LogP contribution in [0.15, 0.2) is 36.5 Å². The van der Waals surface area contributed by atoms with E-state index in [4.69, 9.17) is 10.5 Å². The van der Waals surface area contributed by atoms with Crippen LogP contribution in [0.5, 0.6) is 5.75 Å². The third kappa shape index (κ3) is 1.73. The van der Waals surface area contributed by atoms with Crippen LogP contribution in [0.4, 0.5) is 0 Å². The number of hydrogen-bond donors (Lipinski definition) is 1. The zero-order chi connectivity index (χ0) is 13.6. The van der Waals surface area contributed by atoms with E-state index < -0.39 is 0 Å². The third-order valence-corrected chi connectivity index (χ3v) is 5.23. The molecule has 2 atom stereocenters. The van der Waals surface area contributed by atoms with Gasteiger partial charge in [0.15, 0.2) is 0 Å². The van der Waals surface area contributed by atoms with Crippen molar-refractivity contribution in [3.8, 4) is 5.75 Å². The topological polar surface area (TPSA) is 48.1 Å². The Balaban J connectivity index is 1.58. The van der Waals surface area contributed by atoms with Crippen LogP contribution in [0, 0.1) is 5.41 Å². The summed E-state index contributed by atoms with van der Waals surface area (Å²) in [7, 11) is 0. The number of pyridine rings is 1. The summed E-state index contributed by atoms with van der Waals surface area (Å²) < 4.78 is 6.22. The Morgan fingerprint density at radius 2 is 2.00 bits per heavy atom. The molecule has 0 amide bonds. The molecule has 20 heavy (non-hydrogen) atoms. The normalized spacial score (nSPS) is 27.6. The predicted octanol–water partition coefficient (Wildman–Crippen LogP) is 3.27. The zero-order valence-corrected chi connectivity index (χ0v) is 11.6. The molecule has 0 bridgehead atoms. The molecule has 1 spiro atoms. The minimum atomic E-state index is 0.242. The summed E-state index contributed by atoms with van der Waals surface area (Å²) in [5.74, 6) is 0.881. The van der Waals surface area contributed by atoms with Crippen molar-refractivity contribution in [2.45, 2.75) is 44.2 Å². The van der Waals surface area contributed by atoms with Crippen LogP contribution in [0.25, 0.3) is 10.9 Å². The second-order valence-electron chi connectivity index (χ2n) is 6.25. The quantitative estimate of drug-likeness (QED) is 0.909. The number of hydrogen-bond acceptors (Lipinski definition) is 3. The van der Waals surface area contributed by atoms with E-state index in [-0.39, 0.29) is 11.5 Å². The first-order valence-corrected chi connectivity index (χ1v) is 7.55. The predicted molar refractivity (Wildman–Crippen MR) is 79.7 cm³/mol. The summed E-state index contributed by atoms with van der Waals surface area (Å²) in [4.78, 5) is 4.47. The van der Waals surface area contributed by atoms with Crippen molar-refractivity contribution in [3.05, 3.63) is 36.5 Å². The largest absolute Gasteiger partial charge is 0.488 e. The highest BCUT2D eigenvalue weighted by molar-refractivity contribution is 5.79. The van der Waals surface area contributed by atoms with Crippen LogP contribution >= 0.6 is 0 Å². The van der Waals surface area contributed by atoms with E-state index in [0.29, 0.717) is 6.04 Å². The van der Waals surface area contributed by atoms with Gasteiger partial charge in [-0.25, -0.2) is 0 Å². The lowest BCUT2D eigenvalue weighted by Gasteiger charge is -2.52. The van der Waals surface area contributed by atoms with Crippen LogP contribution in [-0.2, 0) is 0 Å². The zero-order valence-electron chi connectivity index (χ0n) is 11.6. The van der Waals surface area contributed by atoms with Crippen molar-refractivity contribution in [2.75, 3.05) is 0 Å². The molecule has 2 saturated carbocycles. The molecule has 104 valence electrons. The van der Waals surface area contributed by atoms with E-state index in [1.54, 1.807) is 0 Å². The lowest BCUT2D eigenvalue weighted by atomic mass is 9.61. The van der Waals surface area contributed by atoms with Gasteiger partial charge in [0.2, 0.25) is 0 Å². The fourth-order valence-corrected chi connectivity index (χ4v) is 3.95. The van der Waals surface area contributed by atoms with Crippen molar-refractivity contribution >= 4 is 10.9 Å². The Labute approximate surface area is 119 Å². The summed E-state index contributed by atoms with van der Waals surface area (Å²) >= 11 is 0. The van der Waals surface area contributed by atoms with Gasteiger partial charge >= 0.3 is 0 Å². The molecule has 1 aromatic heterocycles. The second kappa shape index (κ2) is 4.45. The van der Waals surface area contributed by atoms with Gasteiger partial charge in [0.25, 0.3) is 0 Å². The molecule has 2 N–H and O–H groups in total. The number of nitrogens with two attached hydrogens (primary N) is 1. The molecule has 2 unspecified atom stereocenters. The lowest BCUT2D eigenvalue weighted by molar-refractivity contribution is -0.0620. The minimum absolute atomic E-state index is 0.242. The highest BCUT2D eigenvalue weighted by atomic mass is 16.5. The molecule has 3 nitrogen and oxygen atoms in total. The second-order valence-corrected chi connectivity index (χ2v) is 6.25. The third-order valence-electron chi connectivity index (χ3n) is 5.23. The molecule has 0 radical (unpaired) electrons. The minimum Gasteiger partial charge on any atom is -0.488 e. The van der Waals surface area contributed by atoms with Crippen molar-refractivity contribution in [2.24, 2.45) is 11.1 Å². The van der Waals surface area contributed by atoms with Gasteiger partial charge in [-0.05, 0) is 25.0 Å². The maximum Gasteiger partial charge on any atom is 0.138 e. The number of fused-ring (bicyclic) bond motifs is 1. The van der Waals surface area contributed by atoms with E-state index in [9.17, 15) is 0 Å². The van der Waals surface area contributed by atoms with Gasteiger partial charge in [-0.15, -0.1) is 0 Å². The summed E-state index contributed by atoms with van der Waals surface area (Å²) in [5.41, 5.74) is 7.51. The molecule has 0 aliphatic heterocycles. The van der Waals surface area contributed by atoms with E-state index in [1.807, 2.05) is 24.4 Å². The number of rotatable bonds is 2. The van der Waals surface area contributed by atoms with Crippen molar-refractivity contribution in [1.29, 1.82) is 0 Å². The van der Waals surface area contributed by atoms with Gasteiger partial charge in [-0.2, -0.15) is 0 Å². The van der Waals surface area contributed by atoms with Gasteiger partial charge < -0.3 is 10.5 Å². The molecule has 1 heterocycles. The monoisotopic (exact) mass is 268 g/mol.